The average molecular weight is 230 g/mol. The average Bonchev–Trinajstić information content (AvgIpc) is 2.35. The lowest BCUT2D eigenvalue weighted by atomic mass is 10.1. The fourth-order valence-electron chi connectivity index (χ4n) is 1.76. The lowest BCUT2D eigenvalue weighted by Gasteiger charge is -2.08. The summed E-state index contributed by atoms with van der Waals surface area (Å²) in [7, 11) is 3.18. The van der Waals surface area contributed by atoms with Gasteiger partial charge < -0.3 is 10.1 Å². The number of ether oxygens (including phenoxy) is 1. The van der Waals surface area contributed by atoms with Crippen LogP contribution in [0.15, 0.2) is 24.4 Å². The van der Waals surface area contributed by atoms with E-state index < -0.39 is 0 Å². The number of rotatable bonds is 2. The van der Waals surface area contributed by atoms with Gasteiger partial charge in [0.25, 0.3) is 5.91 Å². The van der Waals surface area contributed by atoms with Crippen LogP contribution >= 0.6 is 0 Å². The quantitative estimate of drug-likeness (QED) is 0.857. The van der Waals surface area contributed by atoms with E-state index in [0.717, 1.165) is 16.5 Å². The number of aryl methyl sites for hydroxylation is 1. The minimum Gasteiger partial charge on any atom is -0.494 e. The molecule has 0 aliphatic rings. The zero-order chi connectivity index (χ0) is 12.4. The molecule has 0 aliphatic carbocycles. The summed E-state index contributed by atoms with van der Waals surface area (Å²) in [5.41, 5.74) is 2.39. The predicted octanol–water partition coefficient (Wildman–Crippen LogP) is 1.91. The Bertz CT molecular complexity index is 579. The molecular weight excluding hydrogens is 216 g/mol. The summed E-state index contributed by atoms with van der Waals surface area (Å²) < 4.78 is 5.26. The van der Waals surface area contributed by atoms with Crippen LogP contribution in [0.4, 0.5) is 0 Å². The topological polar surface area (TPSA) is 51.2 Å². The number of benzene rings is 1. The zero-order valence-corrected chi connectivity index (χ0v) is 10.1. The number of hydrogen-bond donors (Lipinski definition) is 1. The van der Waals surface area contributed by atoms with Gasteiger partial charge in [-0.3, -0.25) is 9.78 Å². The van der Waals surface area contributed by atoms with Crippen molar-refractivity contribution in [2.45, 2.75) is 6.92 Å². The van der Waals surface area contributed by atoms with Crippen LogP contribution in [-0.4, -0.2) is 25.0 Å². The van der Waals surface area contributed by atoms with Crippen molar-refractivity contribution in [3.8, 4) is 5.75 Å². The molecule has 0 spiro atoms. The first-order valence-corrected chi connectivity index (χ1v) is 5.32. The first kappa shape index (κ1) is 11.4. The highest BCUT2D eigenvalue weighted by Crippen LogP contribution is 2.26. The van der Waals surface area contributed by atoms with Crippen LogP contribution in [0.1, 0.15) is 15.9 Å². The Morgan fingerprint density at radius 2 is 2.12 bits per heavy atom. The number of methoxy groups -OCH3 is 1. The Hall–Kier alpha value is -2.10. The summed E-state index contributed by atoms with van der Waals surface area (Å²) in [6, 6.07) is 5.50. The second-order valence-corrected chi connectivity index (χ2v) is 3.84. The molecule has 0 bridgehead atoms. The van der Waals surface area contributed by atoms with Gasteiger partial charge in [-0.1, -0.05) is 0 Å². The molecule has 1 heterocycles. The number of nitrogens with one attached hydrogen (secondary N) is 1. The van der Waals surface area contributed by atoms with E-state index in [1.165, 1.54) is 0 Å². The van der Waals surface area contributed by atoms with E-state index in [2.05, 4.69) is 10.3 Å². The molecule has 17 heavy (non-hydrogen) atoms. The van der Waals surface area contributed by atoms with E-state index in [1.807, 2.05) is 19.1 Å². The number of nitrogens with zero attached hydrogens (tertiary/aromatic N) is 1. The molecule has 0 fully saturated rings. The summed E-state index contributed by atoms with van der Waals surface area (Å²) in [5.74, 6) is 0.479. The van der Waals surface area contributed by atoms with Gasteiger partial charge in [-0.05, 0) is 30.7 Å². The van der Waals surface area contributed by atoms with Crippen molar-refractivity contribution in [1.82, 2.24) is 10.3 Å². The normalized spacial score (nSPS) is 10.3. The smallest absolute Gasteiger partial charge is 0.251 e. The summed E-state index contributed by atoms with van der Waals surface area (Å²) in [6.45, 7) is 1.96. The molecule has 0 atom stereocenters. The monoisotopic (exact) mass is 230 g/mol. The van der Waals surface area contributed by atoms with E-state index in [0.29, 0.717) is 11.3 Å². The zero-order valence-electron chi connectivity index (χ0n) is 10.1. The minimum atomic E-state index is -0.133. The minimum absolute atomic E-state index is 0.133. The highest BCUT2D eigenvalue weighted by molar-refractivity contribution is 5.99. The largest absolute Gasteiger partial charge is 0.494 e. The first-order valence-electron chi connectivity index (χ1n) is 5.32. The second kappa shape index (κ2) is 4.41. The van der Waals surface area contributed by atoms with Crippen LogP contribution in [0, 0.1) is 6.92 Å². The number of fused-ring (bicyclic) bond motifs is 1. The molecule has 1 amide bonds. The highest BCUT2D eigenvalue weighted by atomic mass is 16.5. The highest BCUT2D eigenvalue weighted by Gasteiger charge is 2.10. The van der Waals surface area contributed by atoms with Crippen LogP contribution < -0.4 is 10.1 Å². The third-order valence-electron chi connectivity index (χ3n) is 2.59. The van der Waals surface area contributed by atoms with Gasteiger partial charge >= 0.3 is 0 Å². The van der Waals surface area contributed by atoms with Crippen LogP contribution in [0.25, 0.3) is 10.9 Å². The number of amides is 1. The molecule has 1 aromatic heterocycles. The SMILES string of the molecule is CNC(=O)c1cc(OC)c2ncc(C)cc2c1. The Kier molecular flexibility index (Phi) is 2.95. The van der Waals surface area contributed by atoms with Crippen molar-refractivity contribution in [1.29, 1.82) is 0 Å². The van der Waals surface area contributed by atoms with E-state index in [9.17, 15) is 4.79 Å². The van der Waals surface area contributed by atoms with E-state index in [4.69, 9.17) is 4.74 Å². The molecular formula is C13H14N2O2. The van der Waals surface area contributed by atoms with Crippen LogP contribution in [0.5, 0.6) is 5.75 Å². The van der Waals surface area contributed by atoms with Crippen LogP contribution in [0.2, 0.25) is 0 Å². The molecule has 2 aromatic rings. The van der Waals surface area contributed by atoms with Gasteiger partial charge in [0.2, 0.25) is 0 Å². The van der Waals surface area contributed by atoms with Crippen molar-refractivity contribution in [3.63, 3.8) is 0 Å². The first-order chi connectivity index (χ1) is 8.15. The van der Waals surface area contributed by atoms with Crippen LogP contribution in [0.3, 0.4) is 0 Å². The Labute approximate surface area is 99.6 Å². The van der Waals surface area contributed by atoms with Gasteiger partial charge in [0, 0.05) is 24.2 Å². The van der Waals surface area contributed by atoms with Crippen molar-refractivity contribution in [3.05, 3.63) is 35.5 Å². The molecule has 0 unspecified atom stereocenters. The molecule has 0 aliphatic heterocycles. The maximum absolute atomic E-state index is 11.6. The van der Waals surface area contributed by atoms with Gasteiger partial charge in [0.05, 0.1) is 7.11 Å². The van der Waals surface area contributed by atoms with Gasteiger partial charge in [0.15, 0.2) is 0 Å². The van der Waals surface area contributed by atoms with Crippen molar-refractivity contribution < 1.29 is 9.53 Å². The van der Waals surface area contributed by atoms with Gasteiger partial charge in [0.1, 0.15) is 11.3 Å². The van der Waals surface area contributed by atoms with Gasteiger partial charge in [-0.15, -0.1) is 0 Å². The van der Waals surface area contributed by atoms with Crippen LogP contribution in [-0.2, 0) is 0 Å². The molecule has 0 saturated carbocycles. The maximum Gasteiger partial charge on any atom is 0.251 e. The third-order valence-corrected chi connectivity index (χ3v) is 2.59. The summed E-state index contributed by atoms with van der Waals surface area (Å²) in [4.78, 5) is 15.9. The van der Waals surface area contributed by atoms with Crippen molar-refractivity contribution in [2.75, 3.05) is 14.2 Å². The fraction of sp³-hybridized carbons (Fsp3) is 0.231. The molecule has 2 rings (SSSR count). The summed E-state index contributed by atoms with van der Waals surface area (Å²) in [5, 5.41) is 3.50. The maximum atomic E-state index is 11.6. The number of carbonyl (C=O) groups excluding carboxylic acids is 1. The Balaban J connectivity index is 2.71. The second-order valence-electron chi connectivity index (χ2n) is 3.84. The van der Waals surface area contributed by atoms with Gasteiger partial charge in [-0.25, -0.2) is 0 Å². The molecule has 88 valence electrons. The number of aromatic nitrogens is 1. The Morgan fingerprint density at radius 3 is 2.76 bits per heavy atom. The molecule has 0 radical (unpaired) electrons. The number of pyridine rings is 1. The van der Waals surface area contributed by atoms with E-state index >= 15 is 0 Å². The summed E-state index contributed by atoms with van der Waals surface area (Å²) in [6.07, 6.45) is 1.78. The van der Waals surface area contributed by atoms with Crippen molar-refractivity contribution >= 4 is 16.8 Å². The molecule has 4 nitrogen and oxygen atoms in total. The van der Waals surface area contributed by atoms with Crippen molar-refractivity contribution in [2.24, 2.45) is 0 Å². The standard InChI is InChI=1S/C13H14N2O2/c1-8-4-9-5-10(13(16)14-2)6-11(17-3)12(9)15-7-8/h4-7H,1-3H3,(H,14,16). The third kappa shape index (κ3) is 2.06. The lowest BCUT2D eigenvalue weighted by molar-refractivity contribution is 0.0963. The van der Waals surface area contributed by atoms with E-state index in [1.54, 1.807) is 26.4 Å². The summed E-state index contributed by atoms with van der Waals surface area (Å²) >= 11 is 0. The van der Waals surface area contributed by atoms with Gasteiger partial charge in [-0.2, -0.15) is 0 Å². The van der Waals surface area contributed by atoms with E-state index in [-0.39, 0.29) is 5.91 Å². The number of hydrogen-bond acceptors (Lipinski definition) is 3. The predicted molar refractivity (Wildman–Crippen MR) is 66.4 cm³/mol. The molecule has 4 heteroatoms. The molecule has 0 saturated heterocycles. The fourth-order valence-corrected chi connectivity index (χ4v) is 1.76. The number of carbonyl (C=O) groups is 1. The lowest BCUT2D eigenvalue weighted by Crippen LogP contribution is -2.17. The molecule has 1 aromatic carbocycles. The molecule has 1 N–H and O–H groups in total. The Morgan fingerprint density at radius 1 is 1.35 bits per heavy atom.